The number of amides is 1. The second kappa shape index (κ2) is 9.92. The summed E-state index contributed by atoms with van der Waals surface area (Å²) in [4.78, 5) is 17.0. The number of fused-ring (bicyclic) bond motifs is 2. The Balaban J connectivity index is 1.52. The summed E-state index contributed by atoms with van der Waals surface area (Å²) in [5.41, 5.74) is 7.61. The zero-order valence-corrected chi connectivity index (χ0v) is 17.6. The van der Waals surface area contributed by atoms with Gasteiger partial charge in [0.15, 0.2) is 0 Å². The van der Waals surface area contributed by atoms with E-state index >= 15 is 0 Å². The van der Waals surface area contributed by atoms with Crippen LogP contribution in [-0.4, -0.2) is 45.8 Å². The number of aliphatic hydroxyl groups is 1. The number of hydrogen-bond donors (Lipinski definition) is 4. The zero-order valence-electron chi connectivity index (χ0n) is 17.6. The predicted molar refractivity (Wildman–Crippen MR) is 122 cm³/mol. The van der Waals surface area contributed by atoms with Gasteiger partial charge >= 0.3 is 0 Å². The number of hydroxylamine groups is 1. The summed E-state index contributed by atoms with van der Waals surface area (Å²) in [6.45, 7) is 1.66. The van der Waals surface area contributed by atoms with E-state index in [1.165, 1.54) is 28.2 Å². The van der Waals surface area contributed by atoms with Gasteiger partial charge in [0.1, 0.15) is 0 Å². The molecule has 0 saturated carbocycles. The van der Waals surface area contributed by atoms with Crippen LogP contribution in [0.25, 0.3) is 17.0 Å². The summed E-state index contributed by atoms with van der Waals surface area (Å²) in [6.07, 6.45) is 9.22. The van der Waals surface area contributed by atoms with Crippen LogP contribution in [0.4, 0.5) is 0 Å². The minimum Gasteiger partial charge on any atom is -0.395 e. The number of aliphatic hydroxyl groups excluding tert-OH is 1. The summed E-state index contributed by atoms with van der Waals surface area (Å²) in [7, 11) is 0. The molecule has 1 aliphatic carbocycles. The van der Waals surface area contributed by atoms with Crippen molar-refractivity contribution in [3.05, 3.63) is 77.0 Å². The van der Waals surface area contributed by atoms with Crippen LogP contribution >= 0.6 is 0 Å². The van der Waals surface area contributed by atoms with Crippen molar-refractivity contribution in [3.63, 3.8) is 0 Å². The number of aromatic amines is 1. The molecular formula is C25H29N3O3. The smallest absolute Gasteiger partial charge is 0.267 e. The van der Waals surface area contributed by atoms with Crippen molar-refractivity contribution in [2.45, 2.75) is 31.7 Å². The number of para-hydroxylation sites is 1. The van der Waals surface area contributed by atoms with Gasteiger partial charge in [0.25, 0.3) is 5.91 Å². The highest BCUT2D eigenvalue weighted by Gasteiger charge is 2.25. The zero-order chi connectivity index (χ0) is 21.6. The van der Waals surface area contributed by atoms with E-state index in [2.05, 4.69) is 46.4 Å². The van der Waals surface area contributed by atoms with Crippen LogP contribution in [0.1, 0.15) is 41.1 Å². The molecule has 0 unspecified atom stereocenters. The van der Waals surface area contributed by atoms with E-state index in [4.69, 9.17) is 5.21 Å². The quantitative estimate of drug-likeness (QED) is 0.255. The van der Waals surface area contributed by atoms with Crippen molar-refractivity contribution in [3.8, 4) is 0 Å². The Morgan fingerprint density at radius 3 is 2.94 bits per heavy atom. The molecule has 0 spiro atoms. The van der Waals surface area contributed by atoms with Crippen LogP contribution in [0.2, 0.25) is 0 Å². The van der Waals surface area contributed by atoms with E-state index in [1.54, 1.807) is 11.6 Å². The van der Waals surface area contributed by atoms with Crippen molar-refractivity contribution < 1.29 is 15.1 Å². The number of carbonyl (C=O) groups excluding carboxylic acids is 1. The first-order chi connectivity index (χ1) is 15.2. The molecule has 0 bridgehead atoms. The molecule has 0 radical (unpaired) electrons. The molecule has 1 heterocycles. The molecule has 6 nitrogen and oxygen atoms in total. The molecule has 2 aromatic carbocycles. The number of hydrogen-bond acceptors (Lipinski definition) is 4. The van der Waals surface area contributed by atoms with Gasteiger partial charge in [0.2, 0.25) is 0 Å². The first-order valence-corrected chi connectivity index (χ1v) is 10.8. The summed E-state index contributed by atoms with van der Waals surface area (Å²) < 4.78 is 0. The molecule has 162 valence electrons. The third kappa shape index (κ3) is 4.88. The summed E-state index contributed by atoms with van der Waals surface area (Å²) in [5.74, 6) is -0.540. The Morgan fingerprint density at radius 1 is 1.23 bits per heavy atom. The van der Waals surface area contributed by atoms with E-state index in [9.17, 15) is 9.90 Å². The molecule has 3 aromatic rings. The number of aromatic nitrogens is 1. The molecule has 0 saturated heterocycles. The molecule has 1 aliphatic rings. The average Bonchev–Trinajstić information content (AvgIpc) is 3.22. The van der Waals surface area contributed by atoms with E-state index < -0.39 is 5.91 Å². The Kier molecular flexibility index (Phi) is 6.82. The maximum Gasteiger partial charge on any atom is 0.267 e. The largest absolute Gasteiger partial charge is 0.395 e. The normalized spacial score (nSPS) is 16.2. The van der Waals surface area contributed by atoms with Gasteiger partial charge in [-0.25, -0.2) is 5.48 Å². The summed E-state index contributed by atoms with van der Waals surface area (Å²) >= 11 is 0. The van der Waals surface area contributed by atoms with E-state index in [1.807, 2.05) is 12.1 Å². The fourth-order valence-corrected chi connectivity index (χ4v) is 4.66. The Bertz CT molecular complexity index is 1070. The highest BCUT2D eigenvalue weighted by Crippen LogP contribution is 2.35. The van der Waals surface area contributed by atoms with Gasteiger partial charge in [-0.05, 0) is 60.1 Å². The maximum atomic E-state index is 11.3. The second-order valence-corrected chi connectivity index (χ2v) is 8.04. The van der Waals surface area contributed by atoms with Crippen LogP contribution in [0.5, 0.6) is 0 Å². The fourth-order valence-electron chi connectivity index (χ4n) is 4.66. The van der Waals surface area contributed by atoms with Gasteiger partial charge in [0.05, 0.1) is 6.61 Å². The van der Waals surface area contributed by atoms with E-state index in [0.717, 1.165) is 43.3 Å². The maximum absolute atomic E-state index is 11.3. The van der Waals surface area contributed by atoms with Crippen molar-refractivity contribution >= 4 is 22.9 Å². The summed E-state index contributed by atoms with van der Waals surface area (Å²) in [5, 5.41) is 19.6. The molecular weight excluding hydrogens is 390 g/mol. The number of aryl methyl sites for hydroxylation is 1. The molecule has 0 aliphatic heterocycles. The van der Waals surface area contributed by atoms with Crippen LogP contribution in [0.3, 0.4) is 0 Å². The minimum atomic E-state index is -0.540. The SMILES string of the molecule is O=C(C=Cc1ccc2c(c1)CCC[C@@H]2N(CCO)CCc1c[nH]c2ccccc12)NO. The highest BCUT2D eigenvalue weighted by atomic mass is 16.5. The van der Waals surface area contributed by atoms with Crippen molar-refractivity contribution in [1.82, 2.24) is 15.4 Å². The Hall–Kier alpha value is -2.93. The van der Waals surface area contributed by atoms with Gasteiger partial charge in [-0.2, -0.15) is 0 Å². The van der Waals surface area contributed by atoms with Gasteiger partial charge in [-0.15, -0.1) is 0 Å². The number of nitrogens with one attached hydrogen (secondary N) is 2. The van der Waals surface area contributed by atoms with Crippen LogP contribution in [-0.2, 0) is 17.6 Å². The lowest BCUT2D eigenvalue weighted by molar-refractivity contribution is -0.124. The molecule has 1 aromatic heterocycles. The topological polar surface area (TPSA) is 88.6 Å². The minimum absolute atomic E-state index is 0.136. The summed E-state index contributed by atoms with van der Waals surface area (Å²) in [6, 6.07) is 14.9. The highest BCUT2D eigenvalue weighted by molar-refractivity contribution is 5.90. The first-order valence-electron chi connectivity index (χ1n) is 10.8. The van der Waals surface area contributed by atoms with Crippen molar-refractivity contribution in [2.24, 2.45) is 0 Å². The van der Waals surface area contributed by atoms with E-state index in [-0.39, 0.29) is 12.6 Å². The lowest BCUT2D eigenvalue weighted by Crippen LogP contribution is -2.35. The standard InChI is InChI=1S/C25H29N3O3/c29-15-14-28(13-12-20-17-26-23-6-2-1-5-21(20)23)24-7-3-4-19-16-18(8-10-22(19)24)9-11-25(30)27-31/h1-2,5-6,8-11,16-17,24,26,29,31H,3-4,7,12-15H2,(H,27,30)/t24-/m0/s1. The van der Waals surface area contributed by atoms with Crippen LogP contribution < -0.4 is 5.48 Å². The van der Waals surface area contributed by atoms with Crippen LogP contribution in [0, 0.1) is 0 Å². The molecule has 4 rings (SSSR count). The number of nitrogens with zero attached hydrogens (tertiary/aromatic N) is 1. The third-order valence-corrected chi connectivity index (χ3v) is 6.16. The number of rotatable bonds is 8. The van der Waals surface area contributed by atoms with Gasteiger partial charge in [-0.1, -0.05) is 36.4 Å². The monoisotopic (exact) mass is 419 g/mol. The molecule has 1 atom stereocenters. The third-order valence-electron chi connectivity index (χ3n) is 6.16. The predicted octanol–water partition coefficient (Wildman–Crippen LogP) is 3.60. The van der Waals surface area contributed by atoms with Gasteiger partial charge in [-0.3, -0.25) is 14.9 Å². The van der Waals surface area contributed by atoms with Gasteiger partial charge in [0, 0.05) is 42.3 Å². The number of carbonyl (C=O) groups is 1. The molecule has 6 heteroatoms. The fraction of sp³-hybridized carbons (Fsp3) is 0.320. The van der Waals surface area contributed by atoms with E-state index in [0.29, 0.717) is 6.54 Å². The van der Waals surface area contributed by atoms with Crippen LogP contribution in [0.15, 0.2) is 54.7 Å². The molecule has 1 amide bonds. The molecule has 4 N–H and O–H groups in total. The average molecular weight is 420 g/mol. The number of benzene rings is 2. The first kappa shape index (κ1) is 21.3. The molecule has 31 heavy (non-hydrogen) atoms. The molecule has 0 fully saturated rings. The van der Waals surface area contributed by atoms with Gasteiger partial charge < -0.3 is 10.1 Å². The lowest BCUT2D eigenvalue weighted by atomic mass is 9.85. The van der Waals surface area contributed by atoms with Crippen molar-refractivity contribution in [1.29, 1.82) is 0 Å². The lowest BCUT2D eigenvalue weighted by Gasteiger charge is -2.36. The number of H-pyrrole nitrogens is 1. The Morgan fingerprint density at radius 2 is 2.10 bits per heavy atom. The second-order valence-electron chi connectivity index (χ2n) is 8.04. The van der Waals surface area contributed by atoms with Crippen molar-refractivity contribution in [2.75, 3.05) is 19.7 Å². The Labute approximate surface area is 182 Å².